The van der Waals surface area contributed by atoms with Crippen LogP contribution >= 0.6 is 11.6 Å². The largest absolute Gasteiger partial charge is 0.394 e. The zero-order valence-corrected chi connectivity index (χ0v) is 30.6. The second-order valence-electron chi connectivity index (χ2n) is 13.4. The first-order valence-corrected chi connectivity index (χ1v) is 18.0. The van der Waals surface area contributed by atoms with E-state index in [1.165, 1.54) is 0 Å². The van der Waals surface area contributed by atoms with Crippen molar-refractivity contribution in [1.29, 1.82) is 0 Å². The number of ether oxygens (including phenoxy) is 9. The summed E-state index contributed by atoms with van der Waals surface area (Å²) >= 11 is 6.47. The van der Waals surface area contributed by atoms with Crippen molar-refractivity contribution in [2.45, 2.75) is 56.4 Å². The van der Waals surface area contributed by atoms with Crippen molar-refractivity contribution in [2.24, 2.45) is 0 Å². The predicted octanol–water partition coefficient (Wildman–Crippen LogP) is 2.20. The molecule has 4 aliphatic heterocycles. The minimum Gasteiger partial charge on any atom is -0.394 e. The van der Waals surface area contributed by atoms with Crippen LogP contribution in [0.5, 0.6) is 0 Å². The molecule has 1 N–H and O–H groups in total. The van der Waals surface area contributed by atoms with Gasteiger partial charge in [-0.15, -0.1) is 6.42 Å². The monoisotopic (exact) mass is 753 g/mol. The van der Waals surface area contributed by atoms with E-state index in [-0.39, 0.29) is 11.9 Å². The Morgan fingerprint density at radius 1 is 0.943 bits per heavy atom. The molecular weight excluding hydrogens is 710 g/mol. The van der Waals surface area contributed by atoms with Gasteiger partial charge in [0, 0.05) is 5.56 Å². The Morgan fingerprint density at radius 3 is 2.32 bits per heavy atom. The number of aromatic nitrogens is 4. The minimum absolute atomic E-state index is 0.0857. The van der Waals surface area contributed by atoms with Crippen LogP contribution in [0, 0.1) is 24.2 Å². The highest BCUT2D eigenvalue weighted by Gasteiger charge is 2.56. The predicted molar refractivity (Wildman–Crippen MR) is 190 cm³/mol. The van der Waals surface area contributed by atoms with Crippen LogP contribution in [0.2, 0.25) is 5.28 Å². The molecule has 3 saturated heterocycles. The normalized spacial score (nSPS) is 23.5. The summed E-state index contributed by atoms with van der Waals surface area (Å²) in [5, 5.41) is 15.4. The van der Waals surface area contributed by atoms with Crippen LogP contribution < -0.4 is 4.90 Å². The topological polar surface area (TPSA) is 150 Å². The lowest BCUT2D eigenvalue weighted by atomic mass is 9.84. The third-order valence-corrected chi connectivity index (χ3v) is 9.49. The number of hydrogen-bond donors (Lipinski definition) is 1. The van der Waals surface area contributed by atoms with Crippen molar-refractivity contribution in [2.75, 3.05) is 90.7 Å². The molecule has 2 aromatic heterocycles. The first-order valence-electron chi connectivity index (χ1n) is 17.7. The number of aliphatic hydroxyl groups excluding tert-OH is 1. The highest BCUT2D eigenvalue weighted by molar-refractivity contribution is 6.28. The van der Waals surface area contributed by atoms with Gasteiger partial charge in [-0.1, -0.05) is 23.8 Å². The molecule has 284 valence electrons. The molecule has 0 saturated carbocycles. The number of nitrogens with zero attached hydrogens (tertiary/aromatic N) is 5. The smallest absolute Gasteiger partial charge is 0.226 e. The summed E-state index contributed by atoms with van der Waals surface area (Å²) in [7, 11) is 0. The standard InChI is InChI=1S/C37H44ClN5O10/c1-4-9-45-11-13-47-15-17-49-18-16-48-14-12-46-10-5-6-25-7-8-28-26(19-25)22-50-37(28)23-42(24-37)32-27-20-39-43(33(27)41-35(38)40-32)34-31-30(29(21-44)51-34)52-36(2,3)53-31/h1,7-8,19-20,29-31,34,44H,9-18,21-24H2,2-3H3/t29-,30-,31-,34-/m1/s1. The van der Waals surface area contributed by atoms with E-state index in [0.29, 0.717) is 97.2 Å². The van der Waals surface area contributed by atoms with Crippen LogP contribution in [0.25, 0.3) is 11.0 Å². The second kappa shape index (κ2) is 16.9. The molecule has 6 heterocycles. The lowest BCUT2D eigenvalue weighted by Crippen LogP contribution is -2.59. The van der Waals surface area contributed by atoms with Crippen LogP contribution in [0.1, 0.15) is 36.8 Å². The van der Waals surface area contributed by atoms with E-state index in [4.69, 9.17) is 60.7 Å². The third kappa shape index (κ3) is 8.47. The molecule has 0 amide bonds. The van der Waals surface area contributed by atoms with Gasteiger partial charge in [-0.3, -0.25) is 0 Å². The molecule has 1 spiro atoms. The third-order valence-electron chi connectivity index (χ3n) is 9.33. The number of halogens is 1. The fourth-order valence-electron chi connectivity index (χ4n) is 7.00. The lowest BCUT2D eigenvalue weighted by molar-refractivity contribution is -0.201. The van der Waals surface area contributed by atoms with E-state index in [1.54, 1.807) is 10.9 Å². The average molecular weight is 754 g/mol. The summed E-state index contributed by atoms with van der Waals surface area (Å²) in [6.45, 7) is 9.54. The Kier molecular flexibility index (Phi) is 12.1. The van der Waals surface area contributed by atoms with Gasteiger partial charge in [0.15, 0.2) is 17.7 Å². The van der Waals surface area contributed by atoms with Crippen LogP contribution in [-0.4, -0.2) is 135 Å². The highest BCUT2D eigenvalue weighted by atomic mass is 35.5. The number of hydrogen-bond acceptors (Lipinski definition) is 14. The first-order chi connectivity index (χ1) is 25.8. The maximum atomic E-state index is 9.95. The molecule has 7 rings (SSSR count). The average Bonchev–Trinajstić information content (AvgIpc) is 3.88. The summed E-state index contributed by atoms with van der Waals surface area (Å²) < 4.78 is 53.4. The highest BCUT2D eigenvalue weighted by Crippen LogP contribution is 2.47. The Balaban J connectivity index is 0.864. The van der Waals surface area contributed by atoms with Gasteiger partial charge in [0.2, 0.25) is 5.28 Å². The van der Waals surface area contributed by atoms with Crippen LogP contribution in [-0.2, 0) is 54.8 Å². The molecule has 16 heteroatoms. The summed E-state index contributed by atoms with van der Waals surface area (Å²) in [5.74, 6) is 8.51. The van der Waals surface area contributed by atoms with Gasteiger partial charge in [-0.2, -0.15) is 15.1 Å². The van der Waals surface area contributed by atoms with E-state index in [0.717, 1.165) is 22.1 Å². The van der Waals surface area contributed by atoms with Crippen molar-refractivity contribution in [3.8, 4) is 24.2 Å². The van der Waals surface area contributed by atoms with Crippen molar-refractivity contribution in [3.63, 3.8) is 0 Å². The van der Waals surface area contributed by atoms with Crippen molar-refractivity contribution >= 4 is 28.5 Å². The van der Waals surface area contributed by atoms with Gasteiger partial charge in [-0.05, 0) is 48.7 Å². The SMILES string of the molecule is C#CCOCCOCCOCCOCCOCC#Cc1ccc2c(c1)COC21CN(c2nc(Cl)nc3c2cnn3[C@@H]2O[C@H](CO)[C@H]3OC(C)(C)O[C@H]32)C1. The van der Waals surface area contributed by atoms with E-state index in [2.05, 4.69) is 49.9 Å². The number of benzene rings is 1. The summed E-state index contributed by atoms with van der Waals surface area (Å²) in [6.07, 6.45) is 4.67. The fourth-order valence-corrected chi connectivity index (χ4v) is 7.16. The van der Waals surface area contributed by atoms with E-state index < -0.39 is 35.9 Å². The van der Waals surface area contributed by atoms with Gasteiger partial charge >= 0.3 is 0 Å². The molecular formula is C37H44ClN5O10. The summed E-state index contributed by atoms with van der Waals surface area (Å²) in [6, 6.07) is 6.19. The Morgan fingerprint density at radius 2 is 1.62 bits per heavy atom. The number of fused-ring (bicyclic) bond motifs is 4. The molecule has 4 atom stereocenters. The van der Waals surface area contributed by atoms with E-state index in [1.807, 2.05) is 19.9 Å². The summed E-state index contributed by atoms with van der Waals surface area (Å²) in [5.41, 5.74) is 3.20. The number of terminal acetylenes is 1. The van der Waals surface area contributed by atoms with Gasteiger partial charge < -0.3 is 52.6 Å². The van der Waals surface area contributed by atoms with Crippen molar-refractivity contribution < 1.29 is 47.7 Å². The maximum absolute atomic E-state index is 9.95. The molecule has 0 radical (unpaired) electrons. The Labute approximate surface area is 313 Å². The van der Waals surface area contributed by atoms with Crippen LogP contribution in [0.4, 0.5) is 5.82 Å². The second-order valence-corrected chi connectivity index (χ2v) is 13.8. The van der Waals surface area contributed by atoms with Gasteiger partial charge in [0.05, 0.1) is 90.7 Å². The number of aliphatic hydroxyl groups is 1. The number of rotatable bonds is 17. The molecule has 0 unspecified atom stereocenters. The van der Waals surface area contributed by atoms with E-state index in [9.17, 15) is 5.11 Å². The quantitative estimate of drug-likeness (QED) is 0.122. The van der Waals surface area contributed by atoms with Crippen molar-refractivity contribution in [3.05, 3.63) is 46.4 Å². The maximum Gasteiger partial charge on any atom is 0.226 e. The zero-order chi connectivity index (χ0) is 36.8. The summed E-state index contributed by atoms with van der Waals surface area (Å²) in [4.78, 5) is 11.2. The van der Waals surface area contributed by atoms with Crippen LogP contribution in [0.3, 0.4) is 0 Å². The zero-order valence-electron chi connectivity index (χ0n) is 29.8. The Hall–Kier alpha value is -3.42. The molecule has 3 fully saturated rings. The lowest BCUT2D eigenvalue weighted by Gasteiger charge is -2.48. The van der Waals surface area contributed by atoms with Crippen LogP contribution in [0.15, 0.2) is 24.4 Å². The molecule has 3 aromatic rings. The first kappa shape index (κ1) is 37.9. The van der Waals surface area contributed by atoms with Gasteiger partial charge in [-0.25, -0.2) is 4.68 Å². The molecule has 0 bridgehead atoms. The van der Waals surface area contributed by atoms with Gasteiger partial charge in [0.25, 0.3) is 0 Å². The van der Waals surface area contributed by atoms with E-state index >= 15 is 0 Å². The van der Waals surface area contributed by atoms with Gasteiger partial charge in [0.1, 0.15) is 42.9 Å². The van der Waals surface area contributed by atoms with Crippen molar-refractivity contribution in [1.82, 2.24) is 19.7 Å². The molecule has 15 nitrogen and oxygen atoms in total. The molecule has 0 aliphatic carbocycles. The fraction of sp³-hybridized carbons (Fsp3) is 0.595. The molecule has 4 aliphatic rings. The number of anilines is 1. The molecule has 53 heavy (non-hydrogen) atoms. The Bertz CT molecular complexity index is 1830. The molecule has 1 aromatic carbocycles. The minimum atomic E-state index is -0.818.